The first-order valence-electron chi connectivity index (χ1n) is 7.78. The van der Waals surface area contributed by atoms with Crippen molar-refractivity contribution in [2.45, 2.75) is 6.92 Å². The average Bonchev–Trinajstić information content (AvgIpc) is 2.64. The van der Waals surface area contributed by atoms with E-state index in [-0.39, 0.29) is 17.1 Å². The van der Waals surface area contributed by atoms with Crippen LogP contribution in [0.2, 0.25) is 0 Å². The van der Waals surface area contributed by atoms with Crippen LogP contribution in [0.1, 0.15) is 17.3 Å². The maximum atomic E-state index is 13.4. The topological polar surface area (TPSA) is 72.3 Å². The number of benzene rings is 2. The zero-order chi connectivity index (χ0) is 18.7. The lowest BCUT2D eigenvalue weighted by atomic mass is 10.1. The highest BCUT2D eigenvalue weighted by Crippen LogP contribution is 2.27. The number of nitrogens with zero attached hydrogens (tertiary/aromatic N) is 2. The fraction of sp³-hybridized carbons (Fsp3) is 0.105. The van der Waals surface area contributed by atoms with Crippen LogP contribution >= 0.6 is 0 Å². The second-order valence-corrected chi connectivity index (χ2v) is 5.34. The molecule has 0 aliphatic heterocycles. The van der Waals surface area contributed by atoms with Crippen LogP contribution in [0.15, 0.2) is 48.7 Å². The highest BCUT2D eigenvalue weighted by Gasteiger charge is 2.14. The summed E-state index contributed by atoms with van der Waals surface area (Å²) in [6.07, 6.45) is 1.47. The van der Waals surface area contributed by atoms with Gasteiger partial charge in [-0.3, -0.25) is 0 Å². The molecule has 0 saturated carbocycles. The zero-order valence-electron chi connectivity index (χ0n) is 13.7. The Morgan fingerprint density at radius 1 is 1.08 bits per heavy atom. The molecule has 0 atom stereocenters. The molecule has 1 N–H and O–H groups in total. The van der Waals surface area contributed by atoms with Crippen molar-refractivity contribution in [1.82, 2.24) is 9.97 Å². The molecule has 132 valence electrons. The first-order chi connectivity index (χ1) is 12.5. The van der Waals surface area contributed by atoms with Gasteiger partial charge in [0.15, 0.2) is 17.5 Å². The number of halogens is 2. The molecule has 0 radical (unpaired) electrons. The van der Waals surface area contributed by atoms with Crippen LogP contribution in [0.25, 0.3) is 22.6 Å². The first kappa shape index (κ1) is 17.5. The third-order valence-electron chi connectivity index (χ3n) is 3.64. The van der Waals surface area contributed by atoms with Gasteiger partial charge in [-0.05, 0) is 49.4 Å². The molecule has 0 saturated heterocycles. The van der Waals surface area contributed by atoms with E-state index in [1.54, 1.807) is 25.1 Å². The minimum Gasteiger partial charge on any atom is -0.493 e. The molecule has 0 spiro atoms. The lowest BCUT2D eigenvalue weighted by molar-refractivity contribution is 0.0692. The Morgan fingerprint density at radius 3 is 2.54 bits per heavy atom. The highest BCUT2D eigenvalue weighted by molar-refractivity contribution is 5.92. The summed E-state index contributed by atoms with van der Waals surface area (Å²) in [7, 11) is 0. The van der Waals surface area contributed by atoms with Crippen LogP contribution in [-0.2, 0) is 0 Å². The van der Waals surface area contributed by atoms with Crippen molar-refractivity contribution >= 4 is 5.97 Å². The van der Waals surface area contributed by atoms with Gasteiger partial charge in [-0.15, -0.1) is 0 Å². The summed E-state index contributed by atoms with van der Waals surface area (Å²) < 4.78 is 31.8. The standard InChI is InChI=1S/C19H14F2N2O3/c1-2-26-17-6-4-11(9-13(17)19(24)25)16-7-8-22-18(23-16)12-3-5-14(20)15(21)10-12/h3-10H,2H2,1H3,(H,24,25). The maximum absolute atomic E-state index is 13.4. The minimum atomic E-state index is -1.12. The molecule has 0 unspecified atom stereocenters. The molecule has 0 amide bonds. The Balaban J connectivity index is 2.04. The van der Waals surface area contributed by atoms with E-state index in [0.717, 1.165) is 12.1 Å². The molecule has 7 heteroatoms. The number of hydrogen-bond acceptors (Lipinski definition) is 4. The lowest BCUT2D eigenvalue weighted by Crippen LogP contribution is -2.03. The summed E-state index contributed by atoms with van der Waals surface area (Å²) in [5.74, 6) is -2.61. The number of carboxylic acids is 1. The number of aromatic nitrogens is 2. The quantitative estimate of drug-likeness (QED) is 0.742. The van der Waals surface area contributed by atoms with Crippen molar-refractivity contribution < 1.29 is 23.4 Å². The number of rotatable bonds is 5. The second kappa shape index (κ2) is 7.26. The normalized spacial score (nSPS) is 10.6. The fourth-order valence-electron chi connectivity index (χ4n) is 2.43. The van der Waals surface area contributed by atoms with Crippen molar-refractivity contribution in [2.75, 3.05) is 6.61 Å². The van der Waals surface area contributed by atoms with E-state index in [9.17, 15) is 18.7 Å². The SMILES string of the molecule is CCOc1ccc(-c2ccnc(-c3ccc(F)c(F)c3)n2)cc1C(=O)O. The number of carbonyl (C=O) groups is 1. The summed E-state index contributed by atoms with van der Waals surface area (Å²) in [4.78, 5) is 19.8. The number of carboxylic acid groups (broad SMARTS) is 1. The number of ether oxygens (including phenoxy) is 1. The molecular formula is C19H14F2N2O3. The van der Waals surface area contributed by atoms with Gasteiger partial charge in [-0.2, -0.15) is 0 Å². The smallest absolute Gasteiger partial charge is 0.339 e. The van der Waals surface area contributed by atoms with Crippen molar-refractivity contribution in [3.8, 4) is 28.4 Å². The summed E-state index contributed by atoms with van der Waals surface area (Å²) in [6.45, 7) is 2.10. The molecule has 2 aromatic carbocycles. The van der Waals surface area contributed by atoms with Crippen LogP contribution in [0.5, 0.6) is 5.75 Å². The Kier molecular flexibility index (Phi) is 4.88. The van der Waals surface area contributed by atoms with Crippen LogP contribution < -0.4 is 4.74 Å². The summed E-state index contributed by atoms with van der Waals surface area (Å²) in [5, 5.41) is 9.36. The molecule has 1 aromatic heterocycles. The van der Waals surface area contributed by atoms with Crippen molar-refractivity contribution in [3.63, 3.8) is 0 Å². The Labute approximate surface area is 147 Å². The molecule has 1 heterocycles. The third-order valence-corrected chi connectivity index (χ3v) is 3.64. The van der Waals surface area contributed by atoms with E-state index in [1.807, 2.05) is 0 Å². The van der Waals surface area contributed by atoms with E-state index >= 15 is 0 Å². The highest BCUT2D eigenvalue weighted by atomic mass is 19.2. The summed E-state index contributed by atoms with van der Waals surface area (Å²) in [6, 6.07) is 9.67. The maximum Gasteiger partial charge on any atom is 0.339 e. The molecular weight excluding hydrogens is 342 g/mol. The molecule has 3 rings (SSSR count). The van der Waals surface area contributed by atoms with Crippen LogP contribution in [0.3, 0.4) is 0 Å². The Morgan fingerprint density at radius 2 is 1.85 bits per heavy atom. The van der Waals surface area contributed by atoms with Crippen molar-refractivity contribution in [2.24, 2.45) is 0 Å². The third kappa shape index (κ3) is 3.51. The molecule has 0 bridgehead atoms. The van der Waals surface area contributed by atoms with Gasteiger partial charge >= 0.3 is 5.97 Å². The van der Waals surface area contributed by atoms with E-state index in [1.165, 1.54) is 18.3 Å². The van der Waals surface area contributed by atoms with E-state index in [4.69, 9.17) is 4.74 Å². The largest absolute Gasteiger partial charge is 0.493 e. The van der Waals surface area contributed by atoms with Crippen LogP contribution in [-0.4, -0.2) is 27.7 Å². The predicted octanol–water partition coefficient (Wildman–Crippen LogP) is 4.19. The fourth-order valence-corrected chi connectivity index (χ4v) is 2.43. The zero-order valence-corrected chi connectivity index (χ0v) is 13.7. The second-order valence-electron chi connectivity index (χ2n) is 5.34. The van der Waals surface area contributed by atoms with Gasteiger partial charge < -0.3 is 9.84 Å². The molecule has 3 aromatic rings. The Hall–Kier alpha value is -3.35. The van der Waals surface area contributed by atoms with Gasteiger partial charge in [0.05, 0.1) is 12.3 Å². The van der Waals surface area contributed by atoms with Crippen molar-refractivity contribution in [3.05, 3.63) is 65.9 Å². The molecule has 5 nitrogen and oxygen atoms in total. The van der Waals surface area contributed by atoms with Gasteiger partial charge in [-0.1, -0.05) is 0 Å². The number of hydrogen-bond donors (Lipinski definition) is 1. The monoisotopic (exact) mass is 356 g/mol. The molecule has 0 aliphatic rings. The predicted molar refractivity (Wildman–Crippen MR) is 90.9 cm³/mol. The molecule has 0 fully saturated rings. The van der Waals surface area contributed by atoms with E-state index in [0.29, 0.717) is 23.4 Å². The minimum absolute atomic E-state index is 0.0114. The van der Waals surface area contributed by atoms with Gasteiger partial charge in [0.2, 0.25) is 0 Å². The van der Waals surface area contributed by atoms with Crippen LogP contribution in [0.4, 0.5) is 8.78 Å². The van der Waals surface area contributed by atoms with Gasteiger partial charge in [0, 0.05) is 17.3 Å². The first-order valence-corrected chi connectivity index (χ1v) is 7.78. The summed E-state index contributed by atoms with van der Waals surface area (Å²) in [5.41, 5.74) is 1.31. The number of aromatic carboxylic acids is 1. The molecule has 0 aliphatic carbocycles. The average molecular weight is 356 g/mol. The van der Waals surface area contributed by atoms with E-state index < -0.39 is 17.6 Å². The molecule has 26 heavy (non-hydrogen) atoms. The van der Waals surface area contributed by atoms with Crippen LogP contribution in [0, 0.1) is 11.6 Å². The Bertz CT molecular complexity index is 977. The van der Waals surface area contributed by atoms with Crippen molar-refractivity contribution in [1.29, 1.82) is 0 Å². The van der Waals surface area contributed by atoms with Gasteiger partial charge in [0.1, 0.15) is 11.3 Å². The van der Waals surface area contributed by atoms with E-state index in [2.05, 4.69) is 9.97 Å². The lowest BCUT2D eigenvalue weighted by Gasteiger charge is -2.10. The summed E-state index contributed by atoms with van der Waals surface area (Å²) >= 11 is 0. The van der Waals surface area contributed by atoms with Gasteiger partial charge in [0.25, 0.3) is 0 Å². The van der Waals surface area contributed by atoms with Gasteiger partial charge in [-0.25, -0.2) is 23.5 Å².